The van der Waals surface area contributed by atoms with Crippen LogP contribution in [0.2, 0.25) is 0 Å². The highest BCUT2D eigenvalue weighted by atomic mass is 16.3. The standard InChI is InChI=1S/C12H14N2O/c1-3-13-11-6-4-10(5-7-11)12-8-15-9(2)14-12/h4-8,13H,3H2,1-2H3. The Kier molecular flexibility index (Phi) is 2.72. The maximum absolute atomic E-state index is 5.17. The van der Waals surface area contributed by atoms with Gasteiger partial charge in [0.2, 0.25) is 0 Å². The van der Waals surface area contributed by atoms with E-state index in [4.69, 9.17) is 4.42 Å². The number of benzene rings is 1. The molecule has 1 heterocycles. The number of nitrogens with one attached hydrogen (secondary N) is 1. The zero-order valence-electron chi connectivity index (χ0n) is 8.95. The summed E-state index contributed by atoms with van der Waals surface area (Å²) in [5.74, 6) is 0.695. The fourth-order valence-electron chi connectivity index (χ4n) is 1.46. The van der Waals surface area contributed by atoms with Gasteiger partial charge in [0.1, 0.15) is 12.0 Å². The third kappa shape index (κ3) is 2.18. The van der Waals surface area contributed by atoms with Crippen LogP contribution in [0, 0.1) is 6.92 Å². The Morgan fingerprint density at radius 2 is 2.00 bits per heavy atom. The molecular formula is C12H14N2O. The van der Waals surface area contributed by atoms with E-state index in [1.54, 1.807) is 6.26 Å². The number of nitrogens with zero attached hydrogens (tertiary/aromatic N) is 1. The van der Waals surface area contributed by atoms with E-state index in [0.717, 1.165) is 23.5 Å². The van der Waals surface area contributed by atoms with Crippen LogP contribution in [0.1, 0.15) is 12.8 Å². The topological polar surface area (TPSA) is 38.1 Å². The van der Waals surface area contributed by atoms with Gasteiger partial charge in [-0.1, -0.05) is 12.1 Å². The number of rotatable bonds is 3. The Morgan fingerprint density at radius 3 is 2.53 bits per heavy atom. The third-order valence-electron chi connectivity index (χ3n) is 2.18. The Morgan fingerprint density at radius 1 is 1.27 bits per heavy atom. The van der Waals surface area contributed by atoms with Gasteiger partial charge in [-0.05, 0) is 19.1 Å². The second-order valence-electron chi connectivity index (χ2n) is 3.36. The second kappa shape index (κ2) is 4.17. The van der Waals surface area contributed by atoms with Crippen LogP contribution in [0.4, 0.5) is 5.69 Å². The molecule has 2 aromatic rings. The van der Waals surface area contributed by atoms with Crippen molar-refractivity contribution in [2.45, 2.75) is 13.8 Å². The normalized spacial score (nSPS) is 10.3. The van der Waals surface area contributed by atoms with E-state index < -0.39 is 0 Å². The molecular weight excluding hydrogens is 188 g/mol. The monoisotopic (exact) mass is 202 g/mol. The molecule has 0 saturated heterocycles. The molecule has 78 valence electrons. The van der Waals surface area contributed by atoms with Gasteiger partial charge in [-0.3, -0.25) is 0 Å². The van der Waals surface area contributed by atoms with Gasteiger partial charge in [-0.25, -0.2) is 4.98 Å². The highest BCUT2D eigenvalue weighted by Crippen LogP contribution is 2.20. The quantitative estimate of drug-likeness (QED) is 0.831. The van der Waals surface area contributed by atoms with Crippen molar-refractivity contribution in [1.82, 2.24) is 4.98 Å². The lowest BCUT2D eigenvalue weighted by molar-refractivity contribution is 0.521. The summed E-state index contributed by atoms with van der Waals surface area (Å²) in [6.07, 6.45) is 1.68. The summed E-state index contributed by atoms with van der Waals surface area (Å²) in [5, 5.41) is 3.25. The largest absolute Gasteiger partial charge is 0.449 e. The highest BCUT2D eigenvalue weighted by Gasteiger charge is 2.02. The molecule has 0 radical (unpaired) electrons. The van der Waals surface area contributed by atoms with Gasteiger partial charge in [-0.15, -0.1) is 0 Å². The molecule has 1 aromatic heterocycles. The number of aryl methyl sites for hydroxylation is 1. The SMILES string of the molecule is CCNc1ccc(-c2coc(C)n2)cc1. The molecule has 15 heavy (non-hydrogen) atoms. The Hall–Kier alpha value is -1.77. The zero-order valence-corrected chi connectivity index (χ0v) is 8.95. The van der Waals surface area contributed by atoms with Crippen molar-refractivity contribution in [2.24, 2.45) is 0 Å². The Labute approximate surface area is 89.1 Å². The number of hydrogen-bond acceptors (Lipinski definition) is 3. The summed E-state index contributed by atoms with van der Waals surface area (Å²) < 4.78 is 5.17. The minimum absolute atomic E-state index is 0.695. The minimum Gasteiger partial charge on any atom is -0.449 e. The van der Waals surface area contributed by atoms with Crippen molar-refractivity contribution in [1.29, 1.82) is 0 Å². The Bertz CT molecular complexity index is 431. The molecule has 0 fully saturated rings. The van der Waals surface area contributed by atoms with Gasteiger partial charge >= 0.3 is 0 Å². The van der Waals surface area contributed by atoms with Gasteiger partial charge in [0, 0.05) is 24.7 Å². The summed E-state index contributed by atoms with van der Waals surface area (Å²) in [5.41, 5.74) is 3.09. The third-order valence-corrected chi connectivity index (χ3v) is 2.18. The first-order chi connectivity index (χ1) is 7.29. The van der Waals surface area contributed by atoms with Gasteiger partial charge in [0.25, 0.3) is 0 Å². The van der Waals surface area contributed by atoms with E-state index in [9.17, 15) is 0 Å². The fourth-order valence-corrected chi connectivity index (χ4v) is 1.46. The van der Waals surface area contributed by atoms with Crippen LogP contribution in [-0.2, 0) is 0 Å². The van der Waals surface area contributed by atoms with Crippen LogP contribution in [0.15, 0.2) is 34.9 Å². The van der Waals surface area contributed by atoms with Gasteiger partial charge in [-0.2, -0.15) is 0 Å². The number of hydrogen-bond donors (Lipinski definition) is 1. The lowest BCUT2D eigenvalue weighted by Crippen LogP contribution is -1.95. The van der Waals surface area contributed by atoms with Crippen molar-refractivity contribution in [3.8, 4) is 11.3 Å². The van der Waals surface area contributed by atoms with Crippen molar-refractivity contribution in [3.05, 3.63) is 36.4 Å². The molecule has 1 aromatic carbocycles. The van der Waals surface area contributed by atoms with Gasteiger partial charge in [0.15, 0.2) is 5.89 Å². The molecule has 3 nitrogen and oxygen atoms in total. The smallest absolute Gasteiger partial charge is 0.191 e. The molecule has 1 N–H and O–H groups in total. The van der Waals surface area contributed by atoms with Crippen molar-refractivity contribution in [3.63, 3.8) is 0 Å². The maximum atomic E-state index is 5.17. The average Bonchev–Trinajstić information content (AvgIpc) is 2.67. The molecule has 0 bridgehead atoms. The summed E-state index contributed by atoms with van der Waals surface area (Å²) in [6, 6.07) is 8.16. The van der Waals surface area contributed by atoms with Crippen LogP contribution in [0.5, 0.6) is 0 Å². The fraction of sp³-hybridized carbons (Fsp3) is 0.250. The van der Waals surface area contributed by atoms with Crippen LogP contribution in [0.3, 0.4) is 0 Å². The Balaban J connectivity index is 2.23. The van der Waals surface area contributed by atoms with E-state index in [2.05, 4.69) is 17.2 Å². The predicted molar refractivity (Wildman–Crippen MR) is 60.8 cm³/mol. The van der Waals surface area contributed by atoms with E-state index in [-0.39, 0.29) is 0 Å². The lowest BCUT2D eigenvalue weighted by Gasteiger charge is -2.02. The van der Waals surface area contributed by atoms with Crippen LogP contribution < -0.4 is 5.32 Å². The van der Waals surface area contributed by atoms with Crippen LogP contribution >= 0.6 is 0 Å². The molecule has 0 aliphatic carbocycles. The average molecular weight is 202 g/mol. The van der Waals surface area contributed by atoms with E-state index >= 15 is 0 Å². The van der Waals surface area contributed by atoms with E-state index in [1.165, 1.54) is 0 Å². The summed E-state index contributed by atoms with van der Waals surface area (Å²) in [4.78, 5) is 4.27. The molecule has 3 heteroatoms. The maximum Gasteiger partial charge on any atom is 0.191 e. The van der Waals surface area contributed by atoms with Crippen molar-refractivity contribution >= 4 is 5.69 Å². The first-order valence-electron chi connectivity index (χ1n) is 5.06. The number of anilines is 1. The molecule has 0 atom stereocenters. The van der Waals surface area contributed by atoms with Gasteiger partial charge in [0.05, 0.1) is 0 Å². The molecule has 0 unspecified atom stereocenters. The van der Waals surface area contributed by atoms with E-state index in [1.807, 2.05) is 31.2 Å². The molecule has 0 aliphatic heterocycles. The van der Waals surface area contributed by atoms with Crippen molar-refractivity contribution < 1.29 is 4.42 Å². The van der Waals surface area contributed by atoms with Gasteiger partial charge < -0.3 is 9.73 Å². The number of oxazole rings is 1. The summed E-state index contributed by atoms with van der Waals surface area (Å²) in [7, 11) is 0. The zero-order chi connectivity index (χ0) is 10.7. The molecule has 0 spiro atoms. The van der Waals surface area contributed by atoms with E-state index in [0.29, 0.717) is 5.89 Å². The predicted octanol–water partition coefficient (Wildman–Crippen LogP) is 3.08. The minimum atomic E-state index is 0.695. The van der Waals surface area contributed by atoms with Crippen molar-refractivity contribution in [2.75, 3.05) is 11.9 Å². The highest BCUT2D eigenvalue weighted by molar-refractivity contribution is 5.61. The second-order valence-corrected chi connectivity index (χ2v) is 3.36. The molecule has 0 amide bonds. The first kappa shape index (κ1) is 9.77. The first-order valence-corrected chi connectivity index (χ1v) is 5.06. The summed E-state index contributed by atoms with van der Waals surface area (Å²) >= 11 is 0. The lowest BCUT2D eigenvalue weighted by atomic mass is 10.1. The summed E-state index contributed by atoms with van der Waals surface area (Å²) in [6.45, 7) is 4.85. The van der Waals surface area contributed by atoms with Crippen LogP contribution in [0.25, 0.3) is 11.3 Å². The molecule has 0 aliphatic rings. The van der Waals surface area contributed by atoms with Crippen LogP contribution in [-0.4, -0.2) is 11.5 Å². The number of aromatic nitrogens is 1. The molecule has 0 saturated carbocycles. The molecule has 2 rings (SSSR count).